The minimum Gasteiger partial charge on any atom is -0.390 e. The molecule has 0 spiro atoms. The first kappa shape index (κ1) is 25.0. The van der Waals surface area contributed by atoms with Crippen LogP contribution in [0.15, 0.2) is 41.8 Å². The molecule has 0 aromatic carbocycles. The van der Waals surface area contributed by atoms with Crippen LogP contribution in [-0.2, 0) is 4.79 Å². The van der Waals surface area contributed by atoms with Crippen LogP contribution in [0.4, 0.5) is 5.82 Å². The Balaban J connectivity index is 1.36. The van der Waals surface area contributed by atoms with Gasteiger partial charge in [0.25, 0.3) is 0 Å². The molecule has 3 aliphatic rings. The molecule has 3 aliphatic heterocycles. The predicted molar refractivity (Wildman–Crippen MR) is 148 cm³/mol. The van der Waals surface area contributed by atoms with Crippen LogP contribution in [0.25, 0.3) is 16.8 Å². The van der Waals surface area contributed by atoms with E-state index in [1.807, 2.05) is 29.3 Å². The van der Waals surface area contributed by atoms with Gasteiger partial charge in [-0.1, -0.05) is 12.1 Å². The SMILES string of the molecule is CC(=O)c1c(C2CC(C)N(C(=O)C3C=CNC3)C(C)C2)nc2c(-c3ccc(C4=NCCN4)nc3)cnn2c1N. The molecule has 1 fully saturated rings. The summed E-state index contributed by atoms with van der Waals surface area (Å²) in [5, 5.41) is 10.8. The lowest BCUT2D eigenvalue weighted by molar-refractivity contribution is -0.140. The Morgan fingerprint density at radius 1 is 1.13 bits per heavy atom. The van der Waals surface area contributed by atoms with Crippen molar-refractivity contribution in [3.63, 3.8) is 0 Å². The van der Waals surface area contributed by atoms with E-state index in [9.17, 15) is 9.59 Å². The highest BCUT2D eigenvalue weighted by Gasteiger charge is 2.39. The predicted octanol–water partition coefficient (Wildman–Crippen LogP) is 2.14. The van der Waals surface area contributed by atoms with Crippen molar-refractivity contribution in [2.75, 3.05) is 25.4 Å². The fraction of sp³-hybridized carbons (Fsp3) is 0.429. The van der Waals surface area contributed by atoms with E-state index in [4.69, 9.17) is 10.7 Å². The number of nitrogens with two attached hydrogens (primary N) is 1. The molecule has 4 N–H and O–H groups in total. The van der Waals surface area contributed by atoms with Crippen LogP contribution in [0.5, 0.6) is 0 Å². The number of pyridine rings is 1. The van der Waals surface area contributed by atoms with Crippen LogP contribution < -0.4 is 16.4 Å². The first-order valence-corrected chi connectivity index (χ1v) is 13.5. The molecule has 0 bridgehead atoms. The summed E-state index contributed by atoms with van der Waals surface area (Å²) in [7, 11) is 0. The zero-order valence-electron chi connectivity index (χ0n) is 22.4. The summed E-state index contributed by atoms with van der Waals surface area (Å²) in [6, 6.07) is 3.88. The molecular formula is C28H33N9O2. The van der Waals surface area contributed by atoms with Gasteiger partial charge >= 0.3 is 0 Å². The molecule has 11 heteroatoms. The molecule has 1 saturated heterocycles. The van der Waals surface area contributed by atoms with Crippen molar-refractivity contribution >= 4 is 29.0 Å². The average Bonchev–Trinajstić information content (AvgIpc) is 3.70. The number of Topliss-reactive ketones (excluding diaryl/α,β-unsaturated/α-hetero) is 1. The minimum absolute atomic E-state index is 0.00690. The van der Waals surface area contributed by atoms with Gasteiger partial charge in [0.1, 0.15) is 17.3 Å². The van der Waals surface area contributed by atoms with E-state index in [0.29, 0.717) is 36.3 Å². The lowest BCUT2D eigenvalue weighted by Gasteiger charge is -2.43. The van der Waals surface area contributed by atoms with Crippen LogP contribution >= 0.6 is 0 Å². The maximum atomic E-state index is 13.3. The molecule has 1 amide bonds. The number of ketones is 1. The Kier molecular flexibility index (Phi) is 6.28. The van der Waals surface area contributed by atoms with Gasteiger partial charge in [-0.05, 0) is 45.9 Å². The van der Waals surface area contributed by atoms with Gasteiger partial charge in [-0.15, -0.1) is 0 Å². The number of nitrogens with one attached hydrogen (secondary N) is 2. The molecule has 3 unspecified atom stereocenters. The van der Waals surface area contributed by atoms with Crippen LogP contribution in [-0.4, -0.2) is 73.7 Å². The number of nitrogen functional groups attached to an aromatic ring is 1. The molecule has 0 aliphatic carbocycles. The van der Waals surface area contributed by atoms with Crippen LogP contribution in [0.1, 0.15) is 61.3 Å². The first-order valence-electron chi connectivity index (χ1n) is 13.5. The van der Waals surface area contributed by atoms with Crippen molar-refractivity contribution in [3.05, 3.63) is 53.8 Å². The Labute approximate surface area is 226 Å². The van der Waals surface area contributed by atoms with Crippen molar-refractivity contribution in [3.8, 4) is 11.1 Å². The number of amidine groups is 1. The van der Waals surface area contributed by atoms with Gasteiger partial charge in [-0.25, -0.2) is 4.98 Å². The van der Waals surface area contributed by atoms with E-state index in [1.165, 1.54) is 11.4 Å². The number of carbonyl (C=O) groups excluding carboxylic acids is 2. The number of piperidine rings is 1. The van der Waals surface area contributed by atoms with Crippen molar-refractivity contribution in [1.29, 1.82) is 0 Å². The molecule has 3 aromatic rings. The van der Waals surface area contributed by atoms with E-state index >= 15 is 0 Å². The third-order valence-corrected chi connectivity index (χ3v) is 8.00. The Bertz CT molecular complexity index is 1500. The highest BCUT2D eigenvalue weighted by molar-refractivity contribution is 6.01. The topological polar surface area (TPSA) is 143 Å². The Morgan fingerprint density at radius 2 is 1.92 bits per heavy atom. The molecule has 3 atom stereocenters. The van der Waals surface area contributed by atoms with Gasteiger partial charge < -0.3 is 21.3 Å². The first-order chi connectivity index (χ1) is 18.8. The summed E-state index contributed by atoms with van der Waals surface area (Å²) in [6.07, 6.45) is 8.65. The number of aliphatic imine (C=N–C) groups is 1. The third kappa shape index (κ3) is 4.31. The molecule has 3 aromatic heterocycles. The van der Waals surface area contributed by atoms with Crippen LogP contribution in [0, 0.1) is 5.92 Å². The van der Waals surface area contributed by atoms with Crippen LogP contribution in [0.2, 0.25) is 0 Å². The van der Waals surface area contributed by atoms with E-state index in [-0.39, 0.29) is 41.4 Å². The number of aromatic nitrogens is 4. The van der Waals surface area contributed by atoms with Gasteiger partial charge in [-0.3, -0.25) is 19.6 Å². The van der Waals surface area contributed by atoms with Crippen LogP contribution in [0.3, 0.4) is 0 Å². The monoisotopic (exact) mass is 527 g/mol. The largest absolute Gasteiger partial charge is 0.390 e. The van der Waals surface area contributed by atoms with Gasteiger partial charge in [0.15, 0.2) is 11.4 Å². The number of hydrogen-bond acceptors (Lipinski definition) is 9. The number of hydrogen-bond donors (Lipinski definition) is 3. The van der Waals surface area contributed by atoms with Gasteiger partial charge in [-0.2, -0.15) is 9.61 Å². The van der Waals surface area contributed by atoms with Crippen molar-refractivity contribution in [1.82, 2.24) is 35.1 Å². The second kappa shape index (κ2) is 9.79. The second-order valence-corrected chi connectivity index (χ2v) is 10.7. The molecule has 0 saturated carbocycles. The Hall–Kier alpha value is -4.28. The van der Waals surface area contributed by atoms with E-state index < -0.39 is 0 Å². The summed E-state index contributed by atoms with van der Waals surface area (Å²) in [5.74, 6) is 0.893. The summed E-state index contributed by atoms with van der Waals surface area (Å²) in [4.78, 5) is 42.2. The summed E-state index contributed by atoms with van der Waals surface area (Å²) < 4.78 is 1.54. The molecule has 6 rings (SSSR count). The fourth-order valence-electron chi connectivity index (χ4n) is 6.20. The molecule has 6 heterocycles. The lowest BCUT2D eigenvalue weighted by Crippen LogP contribution is -2.52. The number of nitrogens with zero attached hydrogens (tertiary/aromatic N) is 6. The molecule has 202 valence electrons. The van der Waals surface area contributed by atoms with Crippen molar-refractivity contribution in [2.45, 2.75) is 51.6 Å². The lowest BCUT2D eigenvalue weighted by atomic mass is 9.82. The zero-order valence-corrected chi connectivity index (χ0v) is 22.4. The van der Waals surface area contributed by atoms with Crippen molar-refractivity contribution < 1.29 is 9.59 Å². The maximum absolute atomic E-state index is 13.3. The molecule has 0 radical (unpaired) electrons. The quantitative estimate of drug-likeness (QED) is 0.428. The highest BCUT2D eigenvalue weighted by atomic mass is 16.2. The molecule has 11 nitrogen and oxygen atoms in total. The van der Waals surface area contributed by atoms with E-state index in [2.05, 4.69) is 39.6 Å². The molecule has 39 heavy (non-hydrogen) atoms. The minimum atomic E-state index is -0.147. The van der Waals surface area contributed by atoms with Crippen molar-refractivity contribution in [2.24, 2.45) is 10.9 Å². The zero-order chi connectivity index (χ0) is 27.3. The number of carbonyl (C=O) groups is 2. The normalized spacial score (nSPS) is 24.5. The highest BCUT2D eigenvalue weighted by Crippen LogP contribution is 2.39. The fourth-order valence-corrected chi connectivity index (χ4v) is 6.20. The number of fused-ring (bicyclic) bond motifs is 1. The van der Waals surface area contributed by atoms with Gasteiger partial charge in [0, 0.05) is 48.4 Å². The summed E-state index contributed by atoms with van der Waals surface area (Å²) >= 11 is 0. The summed E-state index contributed by atoms with van der Waals surface area (Å²) in [5.41, 5.74) is 10.7. The van der Waals surface area contributed by atoms with Gasteiger partial charge in [0.2, 0.25) is 5.91 Å². The number of anilines is 1. The smallest absolute Gasteiger partial charge is 0.231 e. The maximum Gasteiger partial charge on any atom is 0.231 e. The van der Waals surface area contributed by atoms with E-state index in [0.717, 1.165) is 35.7 Å². The third-order valence-electron chi connectivity index (χ3n) is 8.00. The summed E-state index contributed by atoms with van der Waals surface area (Å²) in [6.45, 7) is 7.85. The molecular weight excluding hydrogens is 494 g/mol. The number of likely N-dealkylation sites (tertiary alicyclic amines) is 1. The van der Waals surface area contributed by atoms with E-state index in [1.54, 1.807) is 12.4 Å². The van der Waals surface area contributed by atoms with Gasteiger partial charge in [0.05, 0.1) is 29.9 Å². The second-order valence-electron chi connectivity index (χ2n) is 10.7. The standard InChI is InChI=1S/C28H33N9O2/c1-15-10-20(11-16(2)36(15)28(39)19-6-7-30-12-19)24-23(17(3)38)25(29)37-27(35-24)21(14-34-37)18-4-5-22(33-13-18)26-31-8-9-32-26/h4-7,13-16,19-20,30H,8-12,29H2,1-3H3,(H,31,32). The average molecular weight is 528 g/mol. The number of amides is 1. The Morgan fingerprint density at radius 3 is 2.54 bits per heavy atom. The number of rotatable bonds is 5.